The summed E-state index contributed by atoms with van der Waals surface area (Å²) >= 11 is 0. The minimum atomic E-state index is -0.289. The molecule has 0 bridgehead atoms. The molecule has 0 fully saturated rings. The summed E-state index contributed by atoms with van der Waals surface area (Å²) in [7, 11) is 1.75. The number of Topliss-reactive ketones (excluding diaryl/α,β-unsaturated/α-hetero) is 1. The maximum Gasteiger partial charge on any atom is 0.222 e. The van der Waals surface area contributed by atoms with E-state index >= 15 is 0 Å². The molecule has 1 atom stereocenters. The molecule has 1 unspecified atom stereocenters. The Kier molecular flexibility index (Phi) is 6.89. The molecule has 0 aromatic heterocycles. The summed E-state index contributed by atoms with van der Waals surface area (Å²) in [5, 5.41) is 0. The first-order valence-electron chi connectivity index (χ1n) is 8.63. The standard InChI is InChI=1S/C21H24FNO3/c1-15(17-6-10-19(22)11-7-17)23(3)21(25)5-4-14-26-20-12-8-18(9-13-20)16(2)24/h6-13,15H,4-5,14H2,1-3H3. The van der Waals surface area contributed by atoms with Crippen molar-refractivity contribution in [1.82, 2.24) is 4.90 Å². The number of carbonyl (C=O) groups is 2. The summed E-state index contributed by atoms with van der Waals surface area (Å²) in [6, 6.07) is 13.0. The second-order valence-corrected chi connectivity index (χ2v) is 6.26. The second-order valence-electron chi connectivity index (χ2n) is 6.26. The van der Waals surface area contributed by atoms with Gasteiger partial charge in [0, 0.05) is 19.0 Å². The van der Waals surface area contributed by atoms with Crippen LogP contribution >= 0.6 is 0 Å². The average molecular weight is 357 g/mol. The first-order valence-corrected chi connectivity index (χ1v) is 8.63. The van der Waals surface area contributed by atoms with Gasteiger partial charge >= 0.3 is 0 Å². The molecule has 2 rings (SSSR count). The van der Waals surface area contributed by atoms with Gasteiger partial charge < -0.3 is 9.64 Å². The highest BCUT2D eigenvalue weighted by Gasteiger charge is 2.17. The number of nitrogens with zero attached hydrogens (tertiary/aromatic N) is 1. The highest BCUT2D eigenvalue weighted by atomic mass is 19.1. The monoisotopic (exact) mass is 357 g/mol. The van der Waals surface area contributed by atoms with Crippen LogP contribution in [0.3, 0.4) is 0 Å². The molecule has 0 heterocycles. The summed E-state index contributed by atoms with van der Waals surface area (Å²) in [5.41, 5.74) is 1.54. The molecule has 0 spiro atoms. The van der Waals surface area contributed by atoms with Crippen LogP contribution in [0.5, 0.6) is 5.75 Å². The highest BCUT2D eigenvalue weighted by molar-refractivity contribution is 5.94. The third-order valence-electron chi connectivity index (χ3n) is 4.39. The number of hydrogen-bond donors (Lipinski definition) is 0. The van der Waals surface area contributed by atoms with E-state index in [9.17, 15) is 14.0 Å². The van der Waals surface area contributed by atoms with E-state index in [0.717, 1.165) is 5.56 Å². The fourth-order valence-electron chi connectivity index (χ4n) is 2.56. The van der Waals surface area contributed by atoms with Crippen molar-refractivity contribution < 1.29 is 18.7 Å². The van der Waals surface area contributed by atoms with Gasteiger partial charge in [-0.15, -0.1) is 0 Å². The van der Waals surface area contributed by atoms with Crippen LogP contribution in [0.2, 0.25) is 0 Å². The van der Waals surface area contributed by atoms with Crippen LogP contribution in [0.4, 0.5) is 4.39 Å². The van der Waals surface area contributed by atoms with E-state index in [2.05, 4.69) is 0 Å². The molecule has 1 amide bonds. The zero-order chi connectivity index (χ0) is 19.1. The van der Waals surface area contributed by atoms with Crippen molar-refractivity contribution in [1.29, 1.82) is 0 Å². The Morgan fingerprint density at radius 2 is 1.69 bits per heavy atom. The van der Waals surface area contributed by atoms with Crippen molar-refractivity contribution in [3.8, 4) is 5.75 Å². The molecule has 0 aliphatic carbocycles. The first kappa shape index (κ1) is 19.6. The Bertz CT molecular complexity index is 741. The lowest BCUT2D eigenvalue weighted by Gasteiger charge is -2.25. The molecule has 26 heavy (non-hydrogen) atoms. The van der Waals surface area contributed by atoms with Crippen LogP contribution in [-0.2, 0) is 4.79 Å². The average Bonchev–Trinajstić information content (AvgIpc) is 2.64. The number of benzene rings is 2. The molecule has 5 heteroatoms. The molecule has 0 saturated carbocycles. The number of rotatable bonds is 8. The number of ether oxygens (including phenoxy) is 1. The largest absolute Gasteiger partial charge is 0.494 e. The van der Waals surface area contributed by atoms with Gasteiger partial charge in [0.15, 0.2) is 5.78 Å². The number of halogens is 1. The van der Waals surface area contributed by atoms with Gasteiger partial charge in [-0.25, -0.2) is 4.39 Å². The van der Waals surface area contributed by atoms with Crippen LogP contribution in [0.15, 0.2) is 48.5 Å². The van der Waals surface area contributed by atoms with E-state index < -0.39 is 0 Å². The maximum absolute atomic E-state index is 13.0. The number of hydrogen-bond acceptors (Lipinski definition) is 3. The lowest BCUT2D eigenvalue weighted by Crippen LogP contribution is -2.29. The molecule has 0 N–H and O–H groups in total. The van der Waals surface area contributed by atoms with Gasteiger partial charge in [0.05, 0.1) is 12.6 Å². The minimum absolute atomic E-state index is 0.0114. The molecule has 0 saturated heterocycles. The van der Waals surface area contributed by atoms with Gasteiger partial charge in [0.2, 0.25) is 5.91 Å². The van der Waals surface area contributed by atoms with E-state index in [-0.39, 0.29) is 23.5 Å². The predicted octanol–water partition coefficient (Wildman–Crippen LogP) is 4.41. The van der Waals surface area contributed by atoms with Crippen LogP contribution in [-0.4, -0.2) is 30.2 Å². The van der Waals surface area contributed by atoms with Crippen molar-refractivity contribution in [2.24, 2.45) is 0 Å². The zero-order valence-electron chi connectivity index (χ0n) is 15.4. The second kappa shape index (κ2) is 9.13. The molecule has 138 valence electrons. The topological polar surface area (TPSA) is 46.6 Å². The minimum Gasteiger partial charge on any atom is -0.494 e. The van der Waals surface area contributed by atoms with Gasteiger partial charge in [-0.3, -0.25) is 9.59 Å². The predicted molar refractivity (Wildman–Crippen MR) is 98.8 cm³/mol. The van der Waals surface area contributed by atoms with E-state index in [1.165, 1.54) is 19.1 Å². The maximum atomic E-state index is 13.0. The first-order chi connectivity index (χ1) is 12.4. The third-order valence-corrected chi connectivity index (χ3v) is 4.39. The quantitative estimate of drug-likeness (QED) is 0.519. The number of carbonyl (C=O) groups excluding carboxylic acids is 2. The van der Waals surface area contributed by atoms with Crippen molar-refractivity contribution in [2.45, 2.75) is 32.7 Å². The van der Waals surface area contributed by atoms with Crippen molar-refractivity contribution in [2.75, 3.05) is 13.7 Å². The molecular weight excluding hydrogens is 333 g/mol. The lowest BCUT2D eigenvalue weighted by molar-refractivity contribution is -0.132. The van der Waals surface area contributed by atoms with Gasteiger partial charge in [-0.05, 0) is 62.2 Å². The van der Waals surface area contributed by atoms with Crippen molar-refractivity contribution in [3.63, 3.8) is 0 Å². The van der Waals surface area contributed by atoms with Gasteiger partial charge in [0.25, 0.3) is 0 Å². The Labute approximate surface area is 153 Å². The summed E-state index contributed by atoms with van der Waals surface area (Å²) < 4.78 is 18.6. The smallest absolute Gasteiger partial charge is 0.222 e. The molecule has 0 aliphatic heterocycles. The number of ketones is 1. The molecular formula is C21H24FNO3. The van der Waals surface area contributed by atoms with E-state index in [0.29, 0.717) is 30.8 Å². The van der Waals surface area contributed by atoms with Crippen LogP contribution in [0, 0.1) is 5.82 Å². The Morgan fingerprint density at radius 3 is 2.27 bits per heavy atom. The molecule has 4 nitrogen and oxygen atoms in total. The Balaban J connectivity index is 1.77. The molecule has 2 aromatic carbocycles. The molecule has 2 aromatic rings. The van der Waals surface area contributed by atoms with Gasteiger partial charge in [-0.2, -0.15) is 0 Å². The van der Waals surface area contributed by atoms with Crippen LogP contribution in [0.1, 0.15) is 48.7 Å². The summed E-state index contributed by atoms with van der Waals surface area (Å²) in [5.74, 6) is 0.414. The van der Waals surface area contributed by atoms with Crippen LogP contribution < -0.4 is 4.74 Å². The van der Waals surface area contributed by atoms with Gasteiger partial charge in [-0.1, -0.05) is 12.1 Å². The lowest BCUT2D eigenvalue weighted by atomic mass is 10.1. The summed E-state index contributed by atoms with van der Waals surface area (Å²) in [6.07, 6.45) is 0.960. The third kappa shape index (κ3) is 5.41. The summed E-state index contributed by atoms with van der Waals surface area (Å²) in [6.45, 7) is 3.85. The molecule has 0 radical (unpaired) electrons. The zero-order valence-corrected chi connectivity index (χ0v) is 15.4. The van der Waals surface area contributed by atoms with E-state index in [1.54, 1.807) is 48.3 Å². The summed E-state index contributed by atoms with van der Waals surface area (Å²) in [4.78, 5) is 25.2. The fraction of sp³-hybridized carbons (Fsp3) is 0.333. The van der Waals surface area contributed by atoms with Crippen LogP contribution in [0.25, 0.3) is 0 Å². The fourth-order valence-corrected chi connectivity index (χ4v) is 2.56. The Hall–Kier alpha value is -2.69. The van der Waals surface area contributed by atoms with E-state index in [1.807, 2.05) is 6.92 Å². The number of amides is 1. The normalized spacial score (nSPS) is 11.7. The Morgan fingerprint density at radius 1 is 1.08 bits per heavy atom. The van der Waals surface area contributed by atoms with Crippen molar-refractivity contribution in [3.05, 3.63) is 65.5 Å². The van der Waals surface area contributed by atoms with E-state index in [4.69, 9.17) is 4.74 Å². The van der Waals surface area contributed by atoms with Gasteiger partial charge in [0.1, 0.15) is 11.6 Å². The highest BCUT2D eigenvalue weighted by Crippen LogP contribution is 2.20. The molecule has 0 aliphatic rings. The SMILES string of the molecule is CC(=O)c1ccc(OCCCC(=O)N(C)C(C)c2ccc(F)cc2)cc1. The van der Waals surface area contributed by atoms with Crippen molar-refractivity contribution >= 4 is 11.7 Å².